The zero-order valence-corrected chi connectivity index (χ0v) is 11.5. The summed E-state index contributed by atoms with van der Waals surface area (Å²) in [5.41, 5.74) is 2.61. The van der Waals surface area contributed by atoms with Gasteiger partial charge in [0.15, 0.2) is 0 Å². The van der Waals surface area contributed by atoms with Gasteiger partial charge in [-0.05, 0) is 25.0 Å². The average molecular weight is 255 g/mol. The Morgan fingerprint density at radius 1 is 1.11 bits per heavy atom. The number of hydrogen-bond donors (Lipinski definition) is 0. The van der Waals surface area contributed by atoms with E-state index in [4.69, 9.17) is 0 Å². The second kappa shape index (κ2) is 5.13. The molecule has 0 aromatic heterocycles. The summed E-state index contributed by atoms with van der Waals surface area (Å²) in [5.74, 6) is 0.199. The van der Waals surface area contributed by atoms with Crippen LogP contribution in [0.2, 0.25) is 0 Å². The minimum Gasteiger partial charge on any atom is -0.371 e. The van der Waals surface area contributed by atoms with Crippen molar-refractivity contribution in [2.24, 2.45) is 5.92 Å². The van der Waals surface area contributed by atoms with Gasteiger partial charge in [0.05, 0.1) is 23.4 Å². The molecule has 1 aromatic carbocycles. The van der Waals surface area contributed by atoms with E-state index in [0.29, 0.717) is 6.04 Å². The van der Waals surface area contributed by atoms with E-state index in [-0.39, 0.29) is 5.92 Å². The fourth-order valence-corrected chi connectivity index (χ4v) is 3.51. The van der Waals surface area contributed by atoms with Crippen LogP contribution in [0, 0.1) is 17.2 Å². The van der Waals surface area contributed by atoms with Crippen molar-refractivity contribution in [1.82, 2.24) is 0 Å². The number of fused-ring (bicyclic) bond motifs is 1. The first kappa shape index (κ1) is 12.3. The highest BCUT2D eigenvalue weighted by atomic mass is 15.3. The summed E-state index contributed by atoms with van der Waals surface area (Å²) in [4.78, 5) is 4.80. The lowest BCUT2D eigenvalue weighted by Gasteiger charge is -2.44. The van der Waals surface area contributed by atoms with E-state index in [2.05, 4.69) is 47.2 Å². The van der Waals surface area contributed by atoms with Gasteiger partial charge in [-0.15, -0.1) is 0 Å². The van der Waals surface area contributed by atoms with E-state index >= 15 is 0 Å². The first-order valence-corrected chi connectivity index (χ1v) is 7.27. The Morgan fingerprint density at radius 2 is 1.84 bits per heavy atom. The van der Waals surface area contributed by atoms with Gasteiger partial charge >= 0.3 is 0 Å². The van der Waals surface area contributed by atoms with Crippen LogP contribution in [0.1, 0.15) is 25.7 Å². The first-order valence-electron chi connectivity index (χ1n) is 7.27. The van der Waals surface area contributed by atoms with Crippen molar-refractivity contribution in [3.05, 3.63) is 24.3 Å². The summed E-state index contributed by atoms with van der Waals surface area (Å²) in [6, 6.07) is 11.5. The van der Waals surface area contributed by atoms with E-state index in [9.17, 15) is 5.26 Å². The van der Waals surface area contributed by atoms with Crippen molar-refractivity contribution in [1.29, 1.82) is 5.26 Å². The van der Waals surface area contributed by atoms with Gasteiger partial charge in [-0.2, -0.15) is 5.26 Å². The molecule has 0 radical (unpaired) electrons. The number of anilines is 2. The molecule has 19 heavy (non-hydrogen) atoms. The second-order valence-corrected chi connectivity index (χ2v) is 5.69. The number of rotatable bonds is 1. The van der Waals surface area contributed by atoms with Crippen molar-refractivity contribution in [2.75, 3.05) is 29.9 Å². The fraction of sp³-hybridized carbons (Fsp3) is 0.562. The molecule has 100 valence electrons. The van der Waals surface area contributed by atoms with Gasteiger partial charge in [0, 0.05) is 26.2 Å². The minimum absolute atomic E-state index is 0.199. The Hall–Kier alpha value is -1.69. The zero-order chi connectivity index (χ0) is 13.2. The number of para-hydroxylation sites is 2. The third-order valence-corrected chi connectivity index (χ3v) is 4.57. The number of hydrogen-bond acceptors (Lipinski definition) is 3. The predicted octanol–water partition coefficient (Wildman–Crippen LogP) is 3.03. The third-order valence-electron chi connectivity index (χ3n) is 4.57. The molecule has 1 aliphatic carbocycles. The zero-order valence-electron chi connectivity index (χ0n) is 11.5. The Kier molecular flexibility index (Phi) is 3.33. The molecule has 1 aliphatic heterocycles. The molecule has 2 atom stereocenters. The van der Waals surface area contributed by atoms with Gasteiger partial charge in [0.1, 0.15) is 0 Å². The van der Waals surface area contributed by atoms with Crippen LogP contribution in [-0.2, 0) is 0 Å². The lowest BCUT2D eigenvalue weighted by atomic mass is 9.84. The van der Waals surface area contributed by atoms with Gasteiger partial charge < -0.3 is 9.80 Å². The van der Waals surface area contributed by atoms with Gasteiger partial charge in [0.25, 0.3) is 0 Å². The highest BCUT2D eigenvalue weighted by Gasteiger charge is 2.33. The summed E-state index contributed by atoms with van der Waals surface area (Å²) in [7, 11) is 2.15. The molecule has 1 saturated carbocycles. The summed E-state index contributed by atoms with van der Waals surface area (Å²) in [6.45, 7) is 2.09. The molecule has 2 aliphatic rings. The van der Waals surface area contributed by atoms with E-state index < -0.39 is 0 Å². The maximum atomic E-state index is 9.40. The van der Waals surface area contributed by atoms with Crippen LogP contribution in [0.3, 0.4) is 0 Å². The quantitative estimate of drug-likeness (QED) is 0.772. The Labute approximate surface area is 115 Å². The molecule has 3 nitrogen and oxygen atoms in total. The third kappa shape index (κ3) is 2.16. The standard InChI is InChI=1S/C16H21N3/c1-18-10-11-19(16-9-5-4-8-15(16)18)14-7-3-2-6-13(14)12-17/h4-5,8-9,13-14H,2-3,6-7,10-11H2,1H3. The maximum absolute atomic E-state index is 9.40. The van der Waals surface area contributed by atoms with Crippen LogP contribution < -0.4 is 9.80 Å². The van der Waals surface area contributed by atoms with Crippen molar-refractivity contribution in [3.63, 3.8) is 0 Å². The summed E-state index contributed by atoms with van der Waals surface area (Å²) >= 11 is 0. The molecule has 0 saturated heterocycles. The lowest BCUT2D eigenvalue weighted by Crippen LogP contribution is -2.48. The monoisotopic (exact) mass is 255 g/mol. The predicted molar refractivity (Wildman–Crippen MR) is 78.4 cm³/mol. The topological polar surface area (TPSA) is 30.3 Å². The molecule has 0 N–H and O–H groups in total. The highest BCUT2D eigenvalue weighted by molar-refractivity contribution is 5.73. The molecule has 2 unspecified atom stereocenters. The molecule has 1 fully saturated rings. The van der Waals surface area contributed by atoms with Crippen LogP contribution in [0.25, 0.3) is 0 Å². The number of nitrogens with zero attached hydrogens (tertiary/aromatic N) is 3. The molecular weight excluding hydrogens is 234 g/mol. The minimum atomic E-state index is 0.199. The molecule has 1 heterocycles. The van der Waals surface area contributed by atoms with Gasteiger partial charge in [0.2, 0.25) is 0 Å². The van der Waals surface area contributed by atoms with Crippen molar-refractivity contribution in [2.45, 2.75) is 31.7 Å². The maximum Gasteiger partial charge on any atom is 0.0677 e. The van der Waals surface area contributed by atoms with Gasteiger partial charge in [-0.1, -0.05) is 25.0 Å². The molecule has 1 aromatic rings. The number of benzene rings is 1. The van der Waals surface area contributed by atoms with Crippen LogP contribution in [0.5, 0.6) is 0 Å². The van der Waals surface area contributed by atoms with Crippen LogP contribution in [0.15, 0.2) is 24.3 Å². The SMILES string of the molecule is CN1CCN(C2CCCCC2C#N)c2ccccc21. The van der Waals surface area contributed by atoms with E-state index in [1.165, 1.54) is 24.2 Å². The highest BCUT2D eigenvalue weighted by Crippen LogP contribution is 2.38. The van der Waals surface area contributed by atoms with E-state index in [0.717, 1.165) is 25.9 Å². The second-order valence-electron chi connectivity index (χ2n) is 5.69. The van der Waals surface area contributed by atoms with E-state index in [1.807, 2.05) is 0 Å². The van der Waals surface area contributed by atoms with Crippen LogP contribution in [0.4, 0.5) is 11.4 Å². The van der Waals surface area contributed by atoms with Crippen molar-refractivity contribution >= 4 is 11.4 Å². The average Bonchev–Trinajstić information content (AvgIpc) is 2.48. The molecule has 0 spiro atoms. The Balaban J connectivity index is 1.93. The molecular formula is C16H21N3. The summed E-state index contributed by atoms with van der Waals surface area (Å²) < 4.78 is 0. The van der Waals surface area contributed by atoms with E-state index in [1.54, 1.807) is 0 Å². The Morgan fingerprint density at radius 3 is 2.63 bits per heavy atom. The largest absolute Gasteiger partial charge is 0.371 e. The number of likely N-dealkylation sites (N-methyl/N-ethyl adjacent to an activating group) is 1. The van der Waals surface area contributed by atoms with Crippen molar-refractivity contribution in [3.8, 4) is 6.07 Å². The Bertz CT molecular complexity index is 491. The number of nitriles is 1. The molecule has 0 bridgehead atoms. The summed E-state index contributed by atoms with van der Waals surface area (Å²) in [5, 5.41) is 9.40. The molecule has 3 heteroatoms. The normalized spacial score (nSPS) is 26.7. The molecule has 3 rings (SSSR count). The van der Waals surface area contributed by atoms with Gasteiger partial charge in [-0.25, -0.2) is 0 Å². The lowest BCUT2D eigenvalue weighted by molar-refractivity contribution is 0.347. The fourth-order valence-electron chi connectivity index (χ4n) is 3.51. The summed E-state index contributed by atoms with van der Waals surface area (Å²) in [6.07, 6.45) is 4.70. The molecule has 0 amide bonds. The van der Waals surface area contributed by atoms with Crippen LogP contribution >= 0.6 is 0 Å². The van der Waals surface area contributed by atoms with Gasteiger partial charge in [-0.3, -0.25) is 0 Å². The van der Waals surface area contributed by atoms with Crippen molar-refractivity contribution < 1.29 is 0 Å². The van der Waals surface area contributed by atoms with Crippen LogP contribution in [-0.4, -0.2) is 26.2 Å². The smallest absolute Gasteiger partial charge is 0.0677 e. The first-order chi connectivity index (χ1) is 9.31.